The van der Waals surface area contributed by atoms with E-state index in [-0.39, 0.29) is 5.60 Å². The molecule has 1 unspecified atom stereocenters. The average molecular weight is 286 g/mol. The summed E-state index contributed by atoms with van der Waals surface area (Å²) in [6.45, 7) is 4.11. The number of halogens is 1. The number of nitrogens with one attached hydrogen (secondary N) is 1. The topological polar surface area (TPSA) is 56.3 Å². The molecule has 0 aromatic carbocycles. The van der Waals surface area contributed by atoms with Gasteiger partial charge in [0.2, 0.25) is 0 Å². The van der Waals surface area contributed by atoms with Crippen molar-refractivity contribution in [1.29, 1.82) is 0 Å². The van der Waals surface area contributed by atoms with E-state index in [1.807, 2.05) is 0 Å². The summed E-state index contributed by atoms with van der Waals surface area (Å²) < 4.78 is 11.0. The van der Waals surface area contributed by atoms with Crippen LogP contribution in [0.15, 0.2) is 6.33 Å². The van der Waals surface area contributed by atoms with Crippen molar-refractivity contribution in [2.45, 2.75) is 31.8 Å². The van der Waals surface area contributed by atoms with E-state index < -0.39 is 0 Å². The summed E-state index contributed by atoms with van der Waals surface area (Å²) in [5.74, 6) is 0.796. The van der Waals surface area contributed by atoms with E-state index >= 15 is 0 Å². The van der Waals surface area contributed by atoms with Gasteiger partial charge in [-0.1, -0.05) is 24.9 Å². The molecule has 6 heteroatoms. The van der Waals surface area contributed by atoms with E-state index in [1.54, 1.807) is 7.11 Å². The fourth-order valence-corrected chi connectivity index (χ4v) is 2.45. The first-order valence-electron chi connectivity index (χ1n) is 6.57. The predicted molar refractivity (Wildman–Crippen MR) is 74.7 cm³/mol. The molecule has 2 heterocycles. The Morgan fingerprint density at radius 1 is 1.53 bits per heavy atom. The van der Waals surface area contributed by atoms with Gasteiger partial charge in [0, 0.05) is 32.2 Å². The fourth-order valence-electron chi connectivity index (χ4n) is 2.22. The monoisotopic (exact) mass is 285 g/mol. The summed E-state index contributed by atoms with van der Waals surface area (Å²) in [6.07, 6.45) is 4.23. The number of anilines is 1. The predicted octanol–water partition coefficient (Wildman–Crippen LogP) is 2.30. The zero-order valence-electron chi connectivity index (χ0n) is 11.4. The highest BCUT2D eigenvalue weighted by atomic mass is 35.5. The molecule has 0 amide bonds. The van der Waals surface area contributed by atoms with E-state index in [1.165, 1.54) is 6.33 Å². The first kappa shape index (κ1) is 14.5. The maximum atomic E-state index is 6.13. The molecule has 5 nitrogen and oxygen atoms in total. The second kappa shape index (κ2) is 6.50. The van der Waals surface area contributed by atoms with Crippen LogP contribution < -0.4 is 5.32 Å². The Morgan fingerprint density at radius 3 is 3.00 bits per heavy atom. The van der Waals surface area contributed by atoms with Gasteiger partial charge in [0.25, 0.3) is 0 Å². The van der Waals surface area contributed by atoms with E-state index in [4.69, 9.17) is 21.1 Å². The third-order valence-corrected chi connectivity index (χ3v) is 3.80. The first-order chi connectivity index (χ1) is 9.21. The molecule has 106 valence electrons. The number of hydrogen-bond donors (Lipinski definition) is 1. The van der Waals surface area contributed by atoms with Crippen LogP contribution in [0.3, 0.4) is 0 Å². The molecule has 1 saturated heterocycles. The van der Waals surface area contributed by atoms with Crippen LogP contribution >= 0.6 is 11.6 Å². The summed E-state index contributed by atoms with van der Waals surface area (Å²) in [5, 5.41) is 3.85. The maximum Gasteiger partial charge on any atom is 0.137 e. The van der Waals surface area contributed by atoms with Gasteiger partial charge in [0.15, 0.2) is 0 Å². The highest BCUT2D eigenvalue weighted by molar-refractivity contribution is 6.30. The Labute approximate surface area is 118 Å². The van der Waals surface area contributed by atoms with Gasteiger partial charge in [-0.2, -0.15) is 0 Å². The van der Waals surface area contributed by atoms with Crippen molar-refractivity contribution in [2.24, 2.45) is 0 Å². The molecule has 0 saturated carbocycles. The number of hydrogen-bond acceptors (Lipinski definition) is 5. The lowest BCUT2D eigenvalue weighted by molar-refractivity contribution is -0.00626. The molecule has 2 rings (SSSR count). The van der Waals surface area contributed by atoms with Gasteiger partial charge in [-0.25, -0.2) is 9.97 Å². The normalized spacial score (nSPS) is 22.7. The Kier molecular flexibility index (Phi) is 4.96. The molecule has 1 aliphatic rings. The van der Waals surface area contributed by atoms with E-state index in [9.17, 15) is 0 Å². The van der Waals surface area contributed by atoms with Crippen LogP contribution in [-0.2, 0) is 15.9 Å². The van der Waals surface area contributed by atoms with E-state index in [0.717, 1.165) is 37.3 Å². The molecule has 0 radical (unpaired) electrons. The number of aromatic nitrogens is 2. The van der Waals surface area contributed by atoms with Crippen LogP contribution in [0.4, 0.5) is 5.82 Å². The molecule has 1 N–H and O–H groups in total. The van der Waals surface area contributed by atoms with Crippen LogP contribution in [0.1, 0.15) is 25.3 Å². The molecule has 0 spiro atoms. The zero-order valence-corrected chi connectivity index (χ0v) is 12.2. The van der Waals surface area contributed by atoms with Crippen molar-refractivity contribution >= 4 is 17.4 Å². The lowest BCUT2D eigenvalue weighted by atomic mass is 10.0. The van der Waals surface area contributed by atoms with Gasteiger partial charge < -0.3 is 14.8 Å². The third kappa shape index (κ3) is 3.35. The summed E-state index contributed by atoms with van der Waals surface area (Å²) in [4.78, 5) is 8.32. The first-order valence-corrected chi connectivity index (χ1v) is 6.95. The SMILES string of the molecule is CCCc1c(Cl)ncnc1NCC1(OC)CCOC1. The molecule has 19 heavy (non-hydrogen) atoms. The molecule has 1 aromatic rings. The van der Waals surface area contributed by atoms with Crippen LogP contribution in [0, 0.1) is 0 Å². The van der Waals surface area contributed by atoms with Crippen LogP contribution in [0.2, 0.25) is 5.15 Å². The Bertz CT molecular complexity index is 422. The summed E-state index contributed by atoms with van der Waals surface area (Å²) in [6, 6.07) is 0. The van der Waals surface area contributed by atoms with Gasteiger partial charge in [-0.15, -0.1) is 0 Å². The minimum atomic E-state index is -0.263. The van der Waals surface area contributed by atoms with Crippen molar-refractivity contribution in [3.05, 3.63) is 17.0 Å². The fraction of sp³-hybridized carbons (Fsp3) is 0.692. The average Bonchev–Trinajstić information content (AvgIpc) is 2.89. The smallest absolute Gasteiger partial charge is 0.137 e. The zero-order chi connectivity index (χ0) is 13.7. The lowest BCUT2D eigenvalue weighted by Gasteiger charge is -2.26. The number of nitrogens with zero attached hydrogens (tertiary/aromatic N) is 2. The van der Waals surface area contributed by atoms with Crippen molar-refractivity contribution in [2.75, 3.05) is 32.2 Å². The van der Waals surface area contributed by atoms with Crippen molar-refractivity contribution in [3.63, 3.8) is 0 Å². The van der Waals surface area contributed by atoms with Crippen LogP contribution in [0.5, 0.6) is 0 Å². The minimum absolute atomic E-state index is 0.263. The molecule has 1 aromatic heterocycles. The summed E-state index contributed by atoms with van der Waals surface area (Å²) >= 11 is 6.13. The highest BCUT2D eigenvalue weighted by Gasteiger charge is 2.35. The Balaban J connectivity index is 2.08. The quantitative estimate of drug-likeness (QED) is 0.813. The standard InChI is InChI=1S/C13H20ClN3O2/c1-3-4-10-11(14)16-9-17-12(10)15-7-13(18-2)5-6-19-8-13/h9H,3-8H2,1-2H3,(H,15,16,17). The Hall–Kier alpha value is -0.910. The summed E-state index contributed by atoms with van der Waals surface area (Å²) in [7, 11) is 1.72. The molecule has 1 atom stereocenters. The number of methoxy groups -OCH3 is 1. The molecular formula is C13H20ClN3O2. The molecule has 0 aliphatic carbocycles. The highest BCUT2D eigenvalue weighted by Crippen LogP contribution is 2.25. The molecular weight excluding hydrogens is 266 g/mol. The van der Waals surface area contributed by atoms with Crippen LogP contribution in [-0.4, -0.2) is 42.4 Å². The summed E-state index contributed by atoms with van der Waals surface area (Å²) in [5.41, 5.74) is 0.706. The second-order valence-electron chi connectivity index (χ2n) is 4.78. The van der Waals surface area contributed by atoms with Crippen LogP contribution in [0.25, 0.3) is 0 Å². The van der Waals surface area contributed by atoms with Gasteiger partial charge in [-0.05, 0) is 6.42 Å². The largest absolute Gasteiger partial charge is 0.378 e. The van der Waals surface area contributed by atoms with E-state index in [0.29, 0.717) is 18.3 Å². The van der Waals surface area contributed by atoms with Gasteiger partial charge in [0.1, 0.15) is 22.9 Å². The van der Waals surface area contributed by atoms with Crippen molar-refractivity contribution in [3.8, 4) is 0 Å². The number of ether oxygens (including phenoxy) is 2. The van der Waals surface area contributed by atoms with Gasteiger partial charge >= 0.3 is 0 Å². The molecule has 1 aliphatic heterocycles. The lowest BCUT2D eigenvalue weighted by Crippen LogP contribution is -2.40. The van der Waals surface area contributed by atoms with Crippen molar-refractivity contribution < 1.29 is 9.47 Å². The van der Waals surface area contributed by atoms with Gasteiger partial charge in [-0.3, -0.25) is 0 Å². The molecule has 1 fully saturated rings. The minimum Gasteiger partial charge on any atom is -0.378 e. The third-order valence-electron chi connectivity index (χ3n) is 3.47. The second-order valence-corrected chi connectivity index (χ2v) is 5.14. The molecule has 0 bridgehead atoms. The number of rotatable bonds is 6. The van der Waals surface area contributed by atoms with Crippen molar-refractivity contribution in [1.82, 2.24) is 9.97 Å². The maximum absolute atomic E-state index is 6.13. The van der Waals surface area contributed by atoms with Gasteiger partial charge in [0.05, 0.1) is 6.61 Å². The van der Waals surface area contributed by atoms with E-state index in [2.05, 4.69) is 22.2 Å². The Morgan fingerprint density at radius 2 is 2.37 bits per heavy atom.